The lowest BCUT2D eigenvalue weighted by molar-refractivity contribution is -0.928. The first kappa shape index (κ1) is 15.9. The molecule has 1 aromatic rings. The van der Waals surface area contributed by atoms with Gasteiger partial charge in [-0.05, 0) is 32.9 Å². The summed E-state index contributed by atoms with van der Waals surface area (Å²) in [5.41, 5.74) is -0.124. The number of benzene rings is 1. The lowest BCUT2D eigenvalue weighted by atomic mass is 10.1. The van der Waals surface area contributed by atoms with Crippen LogP contribution in [0.25, 0.3) is 0 Å². The Morgan fingerprint density at radius 3 is 2.57 bits per heavy atom. The Morgan fingerprint density at radius 2 is 1.95 bits per heavy atom. The summed E-state index contributed by atoms with van der Waals surface area (Å²) >= 11 is 0. The zero-order valence-electron chi connectivity index (χ0n) is 12.5. The van der Waals surface area contributed by atoms with Gasteiger partial charge in [-0.1, -0.05) is 0 Å². The highest BCUT2D eigenvalue weighted by atomic mass is 19.1. The van der Waals surface area contributed by atoms with Crippen molar-refractivity contribution in [2.45, 2.75) is 39.0 Å². The number of quaternary nitrogens is 1. The van der Waals surface area contributed by atoms with Crippen molar-refractivity contribution in [2.24, 2.45) is 0 Å². The zero-order valence-corrected chi connectivity index (χ0v) is 12.5. The predicted molar refractivity (Wildman–Crippen MR) is 75.2 cm³/mol. The molecule has 21 heavy (non-hydrogen) atoms. The van der Waals surface area contributed by atoms with Gasteiger partial charge in [0.2, 0.25) is 0 Å². The highest BCUT2D eigenvalue weighted by Gasteiger charge is 2.33. The van der Waals surface area contributed by atoms with Gasteiger partial charge in [-0.15, -0.1) is 0 Å². The number of rotatable bonds is 3. The van der Waals surface area contributed by atoms with Crippen LogP contribution in [-0.4, -0.2) is 37.2 Å². The Bertz CT molecular complexity index is 514. The molecule has 1 fully saturated rings. The van der Waals surface area contributed by atoms with Crippen LogP contribution in [-0.2, 0) is 9.53 Å². The van der Waals surface area contributed by atoms with Crippen LogP contribution < -0.4 is 10.2 Å². The van der Waals surface area contributed by atoms with E-state index in [0.29, 0.717) is 13.1 Å². The quantitative estimate of drug-likeness (QED) is 0.874. The highest BCUT2D eigenvalue weighted by molar-refractivity contribution is 5.93. The number of nitrogens with one attached hydrogen (secondary N) is 2. The third-order valence-corrected chi connectivity index (χ3v) is 3.76. The number of ether oxygens (including phenoxy) is 1. The van der Waals surface area contributed by atoms with Crippen molar-refractivity contribution in [1.29, 1.82) is 0 Å². The van der Waals surface area contributed by atoms with E-state index in [1.807, 2.05) is 13.8 Å². The third kappa shape index (κ3) is 3.98. The second-order valence-electron chi connectivity index (χ2n) is 5.66. The average molecular weight is 299 g/mol. The maximum Gasteiger partial charge on any atom is 0.282 e. The lowest BCUT2D eigenvalue weighted by Gasteiger charge is -2.35. The maximum atomic E-state index is 13.6. The van der Waals surface area contributed by atoms with Gasteiger partial charge in [0.25, 0.3) is 5.91 Å². The summed E-state index contributed by atoms with van der Waals surface area (Å²) in [6.07, 6.45) is 0.148. The molecule has 4 atom stereocenters. The number of morpholine rings is 1. The van der Waals surface area contributed by atoms with E-state index in [-0.39, 0.29) is 29.8 Å². The van der Waals surface area contributed by atoms with Crippen LogP contribution in [0.5, 0.6) is 0 Å². The van der Waals surface area contributed by atoms with E-state index >= 15 is 0 Å². The van der Waals surface area contributed by atoms with E-state index in [9.17, 15) is 13.6 Å². The van der Waals surface area contributed by atoms with Gasteiger partial charge in [0.15, 0.2) is 6.04 Å². The molecule has 0 radical (unpaired) electrons. The summed E-state index contributed by atoms with van der Waals surface area (Å²) < 4.78 is 32.3. The number of hydrogen-bond donors (Lipinski definition) is 2. The molecule has 1 saturated heterocycles. The predicted octanol–water partition coefficient (Wildman–Crippen LogP) is 0.984. The zero-order chi connectivity index (χ0) is 15.6. The van der Waals surface area contributed by atoms with Crippen LogP contribution in [0.4, 0.5) is 14.5 Å². The number of amides is 1. The first-order valence-corrected chi connectivity index (χ1v) is 7.12. The van der Waals surface area contributed by atoms with E-state index in [2.05, 4.69) is 5.32 Å². The van der Waals surface area contributed by atoms with Gasteiger partial charge in [0.1, 0.15) is 36.9 Å². The molecule has 1 aliphatic rings. The van der Waals surface area contributed by atoms with E-state index in [1.165, 1.54) is 0 Å². The van der Waals surface area contributed by atoms with Crippen LogP contribution in [0.2, 0.25) is 0 Å². The molecule has 0 saturated carbocycles. The molecule has 0 bridgehead atoms. The summed E-state index contributed by atoms with van der Waals surface area (Å²) in [5.74, 6) is -1.55. The highest BCUT2D eigenvalue weighted by Crippen LogP contribution is 2.15. The molecule has 6 heteroatoms. The SMILES string of the molecule is C[C@@H]1C[NH+]([C@@H](C)C(=O)Nc2cc(F)ccc2F)C[C@H](C)O1. The van der Waals surface area contributed by atoms with Crippen LogP contribution >= 0.6 is 0 Å². The van der Waals surface area contributed by atoms with Crippen molar-refractivity contribution >= 4 is 11.6 Å². The molecular weight excluding hydrogens is 278 g/mol. The summed E-state index contributed by atoms with van der Waals surface area (Å²) in [4.78, 5) is 13.3. The number of anilines is 1. The fourth-order valence-corrected chi connectivity index (χ4v) is 2.69. The van der Waals surface area contributed by atoms with Crippen molar-refractivity contribution in [3.8, 4) is 0 Å². The number of carbonyl (C=O) groups excluding carboxylic acids is 1. The largest absolute Gasteiger partial charge is 0.364 e. The standard InChI is InChI=1S/C15H20F2N2O2/c1-9-7-19(8-10(2)21-9)11(3)15(20)18-14-6-12(16)4-5-13(14)17/h4-6,9-11H,7-8H2,1-3H3,(H,18,20)/p+1/t9-,10+,11-/m0/s1. The van der Waals surface area contributed by atoms with Gasteiger partial charge in [0.05, 0.1) is 5.69 Å². The Morgan fingerprint density at radius 1 is 1.33 bits per heavy atom. The molecule has 0 aliphatic carbocycles. The first-order valence-electron chi connectivity index (χ1n) is 7.12. The molecular formula is C15H21F2N2O2+. The topological polar surface area (TPSA) is 42.8 Å². The monoisotopic (exact) mass is 299 g/mol. The van der Waals surface area contributed by atoms with Gasteiger partial charge in [-0.25, -0.2) is 8.78 Å². The van der Waals surface area contributed by atoms with Crippen molar-refractivity contribution in [2.75, 3.05) is 18.4 Å². The summed E-state index contributed by atoms with van der Waals surface area (Å²) in [7, 11) is 0. The van der Waals surface area contributed by atoms with Gasteiger partial charge in [-0.2, -0.15) is 0 Å². The number of halogens is 2. The fraction of sp³-hybridized carbons (Fsp3) is 0.533. The molecule has 1 unspecified atom stereocenters. The first-order chi connectivity index (χ1) is 9.86. The Labute approximate surface area is 123 Å². The fourth-order valence-electron chi connectivity index (χ4n) is 2.69. The molecule has 0 spiro atoms. The van der Waals surface area contributed by atoms with Crippen LogP contribution in [0.15, 0.2) is 18.2 Å². The summed E-state index contributed by atoms with van der Waals surface area (Å²) in [6, 6.07) is 2.65. The van der Waals surface area contributed by atoms with Crippen molar-refractivity contribution in [1.82, 2.24) is 0 Å². The minimum atomic E-state index is -0.643. The summed E-state index contributed by atoms with van der Waals surface area (Å²) in [6.45, 7) is 7.14. The lowest BCUT2D eigenvalue weighted by Crippen LogP contribution is -3.19. The average Bonchev–Trinajstić information content (AvgIpc) is 2.41. The molecule has 2 N–H and O–H groups in total. The van der Waals surface area contributed by atoms with Crippen LogP contribution in [0.1, 0.15) is 20.8 Å². The van der Waals surface area contributed by atoms with Gasteiger partial charge < -0.3 is 15.0 Å². The van der Waals surface area contributed by atoms with Crippen LogP contribution in [0, 0.1) is 11.6 Å². The van der Waals surface area contributed by atoms with E-state index < -0.39 is 11.6 Å². The molecule has 1 heterocycles. The van der Waals surface area contributed by atoms with Gasteiger partial charge >= 0.3 is 0 Å². The van der Waals surface area contributed by atoms with Gasteiger partial charge in [0, 0.05) is 6.07 Å². The third-order valence-electron chi connectivity index (χ3n) is 3.76. The second-order valence-corrected chi connectivity index (χ2v) is 5.66. The normalized spacial score (nSPS) is 27.2. The van der Waals surface area contributed by atoms with Crippen molar-refractivity contribution in [3.63, 3.8) is 0 Å². The van der Waals surface area contributed by atoms with Crippen LogP contribution in [0.3, 0.4) is 0 Å². The second kappa shape index (κ2) is 6.49. The Hall–Kier alpha value is -1.53. The maximum absolute atomic E-state index is 13.6. The molecule has 1 aliphatic heterocycles. The molecule has 116 valence electrons. The Balaban J connectivity index is 2.04. The van der Waals surface area contributed by atoms with Crippen molar-refractivity contribution in [3.05, 3.63) is 29.8 Å². The summed E-state index contributed by atoms with van der Waals surface area (Å²) in [5, 5.41) is 2.46. The molecule has 4 nitrogen and oxygen atoms in total. The minimum Gasteiger partial charge on any atom is -0.364 e. The van der Waals surface area contributed by atoms with E-state index in [0.717, 1.165) is 23.1 Å². The number of carbonyl (C=O) groups is 1. The molecule has 1 amide bonds. The molecule has 2 rings (SSSR count). The minimum absolute atomic E-state index is 0.0740. The number of hydrogen-bond acceptors (Lipinski definition) is 2. The molecule has 0 aromatic heterocycles. The smallest absolute Gasteiger partial charge is 0.282 e. The Kier molecular flexibility index (Phi) is 4.90. The molecule has 1 aromatic carbocycles. The van der Waals surface area contributed by atoms with E-state index in [4.69, 9.17) is 4.74 Å². The van der Waals surface area contributed by atoms with Crippen molar-refractivity contribution < 1.29 is 23.2 Å². The van der Waals surface area contributed by atoms with Gasteiger partial charge in [-0.3, -0.25) is 4.79 Å². The van der Waals surface area contributed by atoms with E-state index in [1.54, 1.807) is 6.92 Å².